The number of amides is 2. The molecule has 0 spiro atoms. The molecule has 2 aromatic carbocycles. The molecule has 2 amide bonds. The number of carbonyl (C=O) groups excluding carboxylic acids is 4. The third-order valence-corrected chi connectivity index (χ3v) is 5.10. The minimum Gasteiger partial charge on any atom is -0.497 e. The SMILES string of the molecule is COc1cc(C=CCN2C(=O)C=CC2=O)c(C(=O)OCc2ccc(Br)cc2)c(OC(C)=O)c1. The zero-order valence-electron chi connectivity index (χ0n) is 17.9. The van der Waals surface area contributed by atoms with Crippen molar-refractivity contribution in [2.75, 3.05) is 13.7 Å². The van der Waals surface area contributed by atoms with Crippen LogP contribution in [-0.2, 0) is 25.7 Å². The second-order valence-corrected chi connectivity index (χ2v) is 7.82. The molecule has 0 bridgehead atoms. The van der Waals surface area contributed by atoms with Gasteiger partial charge in [0.05, 0.1) is 7.11 Å². The molecule has 0 aromatic heterocycles. The highest BCUT2D eigenvalue weighted by atomic mass is 79.9. The van der Waals surface area contributed by atoms with Gasteiger partial charge in [0, 0.05) is 36.2 Å². The predicted octanol–water partition coefficient (Wildman–Crippen LogP) is 3.68. The van der Waals surface area contributed by atoms with Crippen LogP contribution >= 0.6 is 15.9 Å². The van der Waals surface area contributed by atoms with Gasteiger partial charge in [-0.25, -0.2) is 4.79 Å². The number of halogens is 1. The van der Waals surface area contributed by atoms with E-state index < -0.39 is 23.8 Å². The fourth-order valence-electron chi connectivity index (χ4n) is 3.01. The van der Waals surface area contributed by atoms with Crippen LogP contribution in [0.2, 0.25) is 0 Å². The van der Waals surface area contributed by atoms with E-state index in [1.807, 2.05) is 12.1 Å². The number of rotatable bonds is 8. The molecule has 0 radical (unpaired) electrons. The number of benzene rings is 2. The summed E-state index contributed by atoms with van der Waals surface area (Å²) in [5, 5.41) is 0. The molecule has 0 aliphatic carbocycles. The molecule has 0 saturated heterocycles. The van der Waals surface area contributed by atoms with Crippen LogP contribution in [0.25, 0.3) is 6.08 Å². The fraction of sp³-hybridized carbons (Fsp3) is 0.167. The first-order chi connectivity index (χ1) is 15.8. The van der Waals surface area contributed by atoms with E-state index in [4.69, 9.17) is 14.2 Å². The summed E-state index contributed by atoms with van der Waals surface area (Å²) in [6.07, 6.45) is 5.45. The lowest BCUT2D eigenvalue weighted by atomic mass is 10.0. The number of nitrogens with zero attached hydrogens (tertiary/aromatic N) is 1. The maximum Gasteiger partial charge on any atom is 0.342 e. The number of ether oxygens (including phenoxy) is 3. The van der Waals surface area contributed by atoms with E-state index in [1.54, 1.807) is 24.3 Å². The highest BCUT2D eigenvalue weighted by Gasteiger charge is 2.23. The number of hydrogen-bond acceptors (Lipinski definition) is 7. The van der Waals surface area contributed by atoms with Gasteiger partial charge in [0.1, 0.15) is 23.7 Å². The zero-order chi connectivity index (χ0) is 24.0. The molecule has 1 aliphatic rings. The van der Waals surface area contributed by atoms with Crippen LogP contribution in [0.3, 0.4) is 0 Å². The molecule has 170 valence electrons. The average molecular weight is 514 g/mol. The molecule has 8 nitrogen and oxygen atoms in total. The maximum absolute atomic E-state index is 13.0. The number of methoxy groups -OCH3 is 1. The highest BCUT2D eigenvalue weighted by Crippen LogP contribution is 2.31. The molecule has 9 heteroatoms. The van der Waals surface area contributed by atoms with Gasteiger partial charge in [-0.2, -0.15) is 0 Å². The third-order valence-electron chi connectivity index (χ3n) is 4.57. The van der Waals surface area contributed by atoms with Gasteiger partial charge in [0.25, 0.3) is 11.8 Å². The largest absolute Gasteiger partial charge is 0.497 e. The molecular formula is C24H20BrNO7. The van der Waals surface area contributed by atoms with Crippen molar-refractivity contribution in [3.8, 4) is 11.5 Å². The molecular weight excluding hydrogens is 494 g/mol. The Morgan fingerprint density at radius 2 is 1.73 bits per heavy atom. The summed E-state index contributed by atoms with van der Waals surface area (Å²) in [6, 6.07) is 10.2. The number of hydrogen-bond donors (Lipinski definition) is 0. The monoisotopic (exact) mass is 513 g/mol. The molecule has 0 fully saturated rings. The summed E-state index contributed by atoms with van der Waals surface area (Å²) in [6.45, 7) is 1.21. The second-order valence-electron chi connectivity index (χ2n) is 6.91. The number of carbonyl (C=O) groups is 4. The van der Waals surface area contributed by atoms with E-state index in [0.717, 1.165) is 14.9 Å². The first-order valence-electron chi connectivity index (χ1n) is 9.80. The van der Waals surface area contributed by atoms with Gasteiger partial charge in [-0.05, 0) is 29.3 Å². The lowest BCUT2D eigenvalue weighted by Gasteiger charge is -2.15. The first-order valence-corrected chi connectivity index (χ1v) is 10.6. The van der Waals surface area contributed by atoms with E-state index in [9.17, 15) is 19.2 Å². The van der Waals surface area contributed by atoms with Gasteiger partial charge >= 0.3 is 11.9 Å². The smallest absolute Gasteiger partial charge is 0.342 e. The normalized spacial score (nSPS) is 13.0. The van der Waals surface area contributed by atoms with Crippen molar-refractivity contribution < 1.29 is 33.4 Å². The van der Waals surface area contributed by atoms with Gasteiger partial charge in [-0.15, -0.1) is 0 Å². The number of imide groups is 1. The summed E-state index contributed by atoms with van der Waals surface area (Å²) in [7, 11) is 1.43. The van der Waals surface area contributed by atoms with Crippen LogP contribution in [0.1, 0.15) is 28.4 Å². The van der Waals surface area contributed by atoms with Gasteiger partial charge in [0.15, 0.2) is 0 Å². The average Bonchev–Trinajstić information content (AvgIpc) is 3.10. The lowest BCUT2D eigenvalue weighted by molar-refractivity contribution is -0.136. The van der Waals surface area contributed by atoms with Crippen LogP contribution in [0.4, 0.5) is 0 Å². The van der Waals surface area contributed by atoms with Crippen molar-refractivity contribution >= 4 is 45.8 Å². The predicted molar refractivity (Wildman–Crippen MR) is 122 cm³/mol. The molecule has 0 saturated carbocycles. The van der Waals surface area contributed by atoms with Crippen LogP contribution in [-0.4, -0.2) is 42.3 Å². The number of esters is 2. The summed E-state index contributed by atoms with van der Waals surface area (Å²) in [5.74, 6) is -1.89. The Hall–Kier alpha value is -3.72. The Kier molecular flexibility index (Phi) is 7.78. The van der Waals surface area contributed by atoms with Gasteiger partial charge in [-0.3, -0.25) is 19.3 Å². The molecule has 0 N–H and O–H groups in total. The standard InChI is InChI=1S/C24H20BrNO7/c1-15(27)33-20-13-19(31-2)12-17(4-3-11-26-21(28)9-10-22(26)29)23(20)24(30)32-14-16-5-7-18(25)8-6-16/h3-10,12-13H,11,14H2,1-2H3. The van der Waals surface area contributed by atoms with Crippen LogP contribution in [0.15, 0.2) is 59.1 Å². The molecule has 0 unspecified atom stereocenters. The second kappa shape index (κ2) is 10.7. The quantitative estimate of drug-likeness (QED) is 0.301. The van der Waals surface area contributed by atoms with Crippen molar-refractivity contribution in [3.05, 3.63) is 75.8 Å². The molecule has 0 atom stereocenters. The molecule has 3 rings (SSSR count). The Balaban J connectivity index is 1.90. The van der Waals surface area contributed by atoms with Gasteiger partial charge in [-0.1, -0.05) is 40.2 Å². The van der Waals surface area contributed by atoms with Crippen molar-refractivity contribution in [1.82, 2.24) is 4.90 Å². The minimum absolute atomic E-state index is 0.00183. The van der Waals surface area contributed by atoms with Crippen LogP contribution in [0.5, 0.6) is 11.5 Å². The van der Waals surface area contributed by atoms with Crippen molar-refractivity contribution in [2.24, 2.45) is 0 Å². The van der Waals surface area contributed by atoms with E-state index in [-0.39, 0.29) is 24.5 Å². The first kappa shape index (κ1) is 23.9. The van der Waals surface area contributed by atoms with E-state index in [0.29, 0.717) is 11.3 Å². The Morgan fingerprint density at radius 3 is 2.33 bits per heavy atom. The van der Waals surface area contributed by atoms with Crippen LogP contribution < -0.4 is 9.47 Å². The van der Waals surface area contributed by atoms with E-state index in [1.165, 1.54) is 38.3 Å². The molecule has 33 heavy (non-hydrogen) atoms. The topological polar surface area (TPSA) is 99.2 Å². The maximum atomic E-state index is 13.0. The lowest BCUT2D eigenvalue weighted by Crippen LogP contribution is -2.29. The van der Waals surface area contributed by atoms with Gasteiger partial charge < -0.3 is 14.2 Å². The fourth-order valence-corrected chi connectivity index (χ4v) is 3.28. The summed E-state index contributed by atoms with van der Waals surface area (Å²) in [4.78, 5) is 49.2. The van der Waals surface area contributed by atoms with E-state index >= 15 is 0 Å². The summed E-state index contributed by atoms with van der Waals surface area (Å²) < 4.78 is 16.8. The van der Waals surface area contributed by atoms with Crippen molar-refractivity contribution in [1.29, 1.82) is 0 Å². The van der Waals surface area contributed by atoms with Crippen molar-refractivity contribution in [3.63, 3.8) is 0 Å². The summed E-state index contributed by atoms with van der Waals surface area (Å²) >= 11 is 3.35. The minimum atomic E-state index is -0.716. The molecule has 2 aromatic rings. The van der Waals surface area contributed by atoms with E-state index in [2.05, 4.69) is 15.9 Å². The third kappa shape index (κ3) is 6.17. The molecule has 1 aliphatic heterocycles. The van der Waals surface area contributed by atoms with Gasteiger partial charge in [0.2, 0.25) is 0 Å². The zero-order valence-corrected chi connectivity index (χ0v) is 19.5. The Labute approximate surface area is 198 Å². The van der Waals surface area contributed by atoms with Crippen molar-refractivity contribution in [2.45, 2.75) is 13.5 Å². The Morgan fingerprint density at radius 1 is 1.06 bits per heavy atom. The Bertz CT molecular complexity index is 1130. The molecule has 1 heterocycles. The summed E-state index contributed by atoms with van der Waals surface area (Å²) in [5.41, 5.74) is 1.11. The highest BCUT2D eigenvalue weighted by molar-refractivity contribution is 9.10. The van der Waals surface area contributed by atoms with Crippen LogP contribution in [0, 0.1) is 0 Å².